The van der Waals surface area contributed by atoms with Gasteiger partial charge in [0.1, 0.15) is 28.5 Å². The van der Waals surface area contributed by atoms with Gasteiger partial charge in [-0.1, -0.05) is 23.9 Å². The topological polar surface area (TPSA) is 140 Å². The minimum absolute atomic E-state index is 0.0202. The molecular formula is C23H14N6O2S2. The molecule has 0 aliphatic carbocycles. The Morgan fingerprint density at radius 2 is 2.00 bits per heavy atom. The number of benzene rings is 1. The number of nitrogens with one attached hydrogen (secondary N) is 1. The standard InChI is InChI=1S/C23H14N6O2S2/c24-10-14-20(17-2-1-7-32-17)15(11-25)22(28-21(14)26)33-18-9-19(30)29(23(18)31)13-4-3-12-5-6-27-16(12)8-13/h1-8,18,27H,9H2,(H2,26,28). The SMILES string of the molecule is N#Cc1c(N)nc(SC2CC(=O)N(c3ccc4cc[nH]c4c3)C2=O)c(C#N)c1-c1cccs1. The van der Waals surface area contributed by atoms with Crippen LogP contribution in [0.3, 0.4) is 0 Å². The van der Waals surface area contributed by atoms with Crippen LogP contribution in [0.2, 0.25) is 0 Å². The van der Waals surface area contributed by atoms with Gasteiger partial charge in [0.2, 0.25) is 11.8 Å². The largest absolute Gasteiger partial charge is 0.383 e. The Hall–Kier alpha value is -4.12. The molecule has 1 saturated heterocycles. The molecule has 4 heterocycles. The number of hydrogen-bond acceptors (Lipinski definition) is 8. The maximum atomic E-state index is 13.2. The molecule has 3 N–H and O–H groups in total. The number of pyridine rings is 1. The fourth-order valence-corrected chi connectivity index (χ4v) is 5.73. The monoisotopic (exact) mass is 470 g/mol. The van der Waals surface area contributed by atoms with Gasteiger partial charge in [0.25, 0.3) is 0 Å². The third-order valence-corrected chi connectivity index (χ3v) is 7.40. The van der Waals surface area contributed by atoms with Crippen LogP contribution in [-0.4, -0.2) is 27.0 Å². The number of nitrogens with zero attached hydrogens (tertiary/aromatic N) is 4. The number of carbonyl (C=O) groups excluding carboxylic acids is 2. The number of aromatic nitrogens is 2. The molecule has 4 aromatic rings. The van der Waals surface area contributed by atoms with Gasteiger partial charge < -0.3 is 10.7 Å². The van der Waals surface area contributed by atoms with Crippen molar-refractivity contribution >= 4 is 57.3 Å². The summed E-state index contributed by atoms with van der Waals surface area (Å²) in [5, 5.41) is 21.8. The minimum Gasteiger partial charge on any atom is -0.383 e. The Morgan fingerprint density at radius 1 is 1.18 bits per heavy atom. The second kappa shape index (κ2) is 8.10. The third-order valence-electron chi connectivity index (χ3n) is 5.34. The summed E-state index contributed by atoms with van der Waals surface area (Å²) in [5.74, 6) is -0.738. The van der Waals surface area contributed by atoms with Crippen LogP contribution in [0.15, 0.2) is 53.0 Å². The number of hydrogen-bond donors (Lipinski definition) is 2. The van der Waals surface area contributed by atoms with Gasteiger partial charge >= 0.3 is 0 Å². The van der Waals surface area contributed by atoms with E-state index in [1.165, 1.54) is 11.3 Å². The highest BCUT2D eigenvalue weighted by molar-refractivity contribution is 8.00. The average Bonchev–Trinajstić information content (AvgIpc) is 3.54. The maximum absolute atomic E-state index is 13.2. The smallest absolute Gasteiger partial charge is 0.247 e. The van der Waals surface area contributed by atoms with E-state index in [4.69, 9.17) is 5.73 Å². The molecule has 5 rings (SSSR count). The van der Waals surface area contributed by atoms with E-state index in [0.29, 0.717) is 16.1 Å². The summed E-state index contributed by atoms with van der Waals surface area (Å²) in [5.41, 5.74) is 8.03. The van der Waals surface area contributed by atoms with Crippen molar-refractivity contribution in [2.24, 2.45) is 0 Å². The van der Waals surface area contributed by atoms with E-state index in [2.05, 4.69) is 16.0 Å². The zero-order chi connectivity index (χ0) is 23.1. The average molecular weight is 471 g/mol. The van der Waals surface area contributed by atoms with Crippen molar-refractivity contribution < 1.29 is 9.59 Å². The van der Waals surface area contributed by atoms with Crippen molar-refractivity contribution in [2.75, 3.05) is 10.6 Å². The highest BCUT2D eigenvalue weighted by Crippen LogP contribution is 2.41. The first kappa shape index (κ1) is 20.8. The van der Waals surface area contributed by atoms with E-state index in [9.17, 15) is 20.1 Å². The number of aromatic amines is 1. The number of carbonyl (C=O) groups is 2. The molecule has 0 bridgehead atoms. The number of nitrogen functional groups attached to an aromatic ring is 1. The Balaban J connectivity index is 1.52. The number of amides is 2. The van der Waals surface area contributed by atoms with Crippen LogP contribution in [0, 0.1) is 22.7 Å². The zero-order valence-electron chi connectivity index (χ0n) is 16.9. The molecule has 10 heteroatoms. The van der Waals surface area contributed by atoms with E-state index in [1.807, 2.05) is 29.6 Å². The van der Waals surface area contributed by atoms with Crippen molar-refractivity contribution in [3.63, 3.8) is 0 Å². The first-order valence-corrected chi connectivity index (χ1v) is 11.6. The quantitative estimate of drug-likeness (QED) is 0.429. The van der Waals surface area contributed by atoms with Crippen molar-refractivity contribution in [1.82, 2.24) is 9.97 Å². The van der Waals surface area contributed by atoms with Crippen molar-refractivity contribution in [3.05, 3.63) is 59.1 Å². The summed E-state index contributed by atoms with van der Waals surface area (Å²) in [6, 6.07) is 15.0. The number of thioether (sulfide) groups is 1. The van der Waals surface area contributed by atoms with Crippen LogP contribution in [0.4, 0.5) is 11.5 Å². The fraction of sp³-hybridized carbons (Fsp3) is 0.0870. The Kier molecular flexibility index (Phi) is 5.09. The number of thiophene rings is 1. The summed E-state index contributed by atoms with van der Waals surface area (Å²) < 4.78 is 0. The molecule has 1 fully saturated rings. The van der Waals surface area contributed by atoms with Crippen LogP contribution in [-0.2, 0) is 9.59 Å². The molecule has 0 radical (unpaired) electrons. The number of fused-ring (bicyclic) bond motifs is 1. The molecule has 0 spiro atoms. The summed E-state index contributed by atoms with van der Waals surface area (Å²) >= 11 is 2.39. The predicted molar refractivity (Wildman–Crippen MR) is 126 cm³/mol. The van der Waals surface area contributed by atoms with Crippen molar-refractivity contribution in [3.8, 4) is 22.6 Å². The van der Waals surface area contributed by atoms with Crippen LogP contribution < -0.4 is 10.6 Å². The number of rotatable bonds is 4. The van der Waals surface area contributed by atoms with Crippen LogP contribution >= 0.6 is 23.1 Å². The summed E-state index contributed by atoms with van der Waals surface area (Å²) in [6.45, 7) is 0. The third kappa shape index (κ3) is 3.42. The van der Waals surface area contributed by atoms with Gasteiger partial charge in [-0.3, -0.25) is 9.59 Å². The predicted octanol–water partition coefficient (Wildman–Crippen LogP) is 4.04. The molecule has 1 unspecified atom stereocenters. The van der Waals surface area contributed by atoms with Gasteiger partial charge in [0.15, 0.2) is 0 Å². The molecule has 8 nitrogen and oxygen atoms in total. The summed E-state index contributed by atoms with van der Waals surface area (Å²) in [4.78, 5) is 35.2. The molecular weight excluding hydrogens is 456 g/mol. The first-order valence-electron chi connectivity index (χ1n) is 9.80. The van der Waals surface area contributed by atoms with Gasteiger partial charge in [0.05, 0.1) is 16.5 Å². The molecule has 1 aliphatic heterocycles. The molecule has 33 heavy (non-hydrogen) atoms. The highest BCUT2D eigenvalue weighted by atomic mass is 32.2. The highest BCUT2D eigenvalue weighted by Gasteiger charge is 2.41. The second-order valence-corrected chi connectivity index (χ2v) is 9.39. The Morgan fingerprint density at radius 3 is 2.73 bits per heavy atom. The first-order chi connectivity index (χ1) is 16.0. The van der Waals surface area contributed by atoms with E-state index in [0.717, 1.165) is 27.6 Å². The number of anilines is 2. The Labute approximate surface area is 196 Å². The molecule has 1 aromatic carbocycles. The lowest BCUT2D eigenvalue weighted by Crippen LogP contribution is -2.31. The van der Waals surface area contributed by atoms with Crippen LogP contribution in [0.25, 0.3) is 21.3 Å². The molecule has 1 atom stereocenters. The molecule has 1 aliphatic rings. The number of imide groups is 1. The number of H-pyrrole nitrogens is 1. The Bertz CT molecular complexity index is 1510. The molecule has 0 saturated carbocycles. The van der Waals surface area contributed by atoms with E-state index < -0.39 is 5.25 Å². The fourth-order valence-electron chi connectivity index (χ4n) is 3.83. The molecule has 3 aromatic heterocycles. The normalized spacial score (nSPS) is 15.7. The van der Waals surface area contributed by atoms with Gasteiger partial charge in [-0.05, 0) is 35.0 Å². The number of nitrogens with two attached hydrogens (primary N) is 1. The maximum Gasteiger partial charge on any atom is 0.247 e. The summed E-state index contributed by atoms with van der Waals surface area (Å²) in [7, 11) is 0. The van der Waals surface area contributed by atoms with Gasteiger partial charge in [0, 0.05) is 28.6 Å². The van der Waals surface area contributed by atoms with Gasteiger partial charge in [-0.15, -0.1) is 11.3 Å². The molecule has 160 valence electrons. The van der Waals surface area contributed by atoms with E-state index in [-0.39, 0.29) is 40.2 Å². The van der Waals surface area contributed by atoms with E-state index >= 15 is 0 Å². The zero-order valence-corrected chi connectivity index (χ0v) is 18.5. The lowest BCUT2D eigenvalue weighted by atomic mass is 10.0. The van der Waals surface area contributed by atoms with Crippen molar-refractivity contribution in [1.29, 1.82) is 10.5 Å². The lowest BCUT2D eigenvalue weighted by Gasteiger charge is -2.16. The summed E-state index contributed by atoms with van der Waals surface area (Å²) in [6.07, 6.45) is 1.75. The van der Waals surface area contributed by atoms with Crippen LogP contribution in [0.5, 0.6) is 0 Å². The molecule has 2 amide bonds. The second-order valence-electron chi connectivity index (χ2n) is 7.26. The van der Waals surface area contributed by atoms with Gasteiger partial charge in [-0.25, -0.2) is 9.88 Å². The lowest BCUT2D eigenvalue weighted by molar-refractivity contribution is -0.121. The van der Waals surface area contributed by atoms with E-state index in [1.54, 1.807) is 24.4 Å². The number of nitriles is 2. The van der Waals surface area contributed by atoms with Gasteiger partial charge in [-0.2, -0.15) is 10.5 Å². The minimum atomic E-state index is -0.764. The van der Waals surface area contributed by atoms with Crippen LogP contribution in [0.1, 0.15) is 17.5 Å². The van der Waals surface area contributed by atoms with Crippen molar-refractivity contribution in [2.45, 2.75) is 16.7 Å².